The largest absolute Gasteiger partial charge is 0.346 e. The summed E-state index contributed by atoms with van der Waals surface area (Å²) in [6, 6.07) is 16.8. The fourth-order valence-electron chi connectivity index (χ4n) is 4.88. The van der Waals surface area contributed by atoms with Gasteiger partial charge in [-0.25, -0.2) is 0 Å². The van der Waals surface area contributed by atoms with Crippen LogP contribution in [0.15, 0.2) is 48.5 Å². The van der Waals surface area contributed by atoms with Crippen molar-refractivity contribution in [1.29, 1.82) is 0 Å². The summed E-state index contributed by atoms with van der Waals surface area (Å²) in [5.41, 5.74) is 2.94. The Kier molecular flexibility index (Phi) is 5.06. The number of aromatic nitrogens is 2. The van der Waals surface area contributed by atoms with Gasteiger partial charge < -0.3 is 5.32 Å². The Bertz CT molecular complexity index is 1010. The molecule has 0 unspecified atom stereocenters. The number of nitrogens with one attached hydrogen (secondary N) is 1. The average molecular weight is 389 g/mol. The Morgan fingerprint density at radius 3 is 2.76 bits per heavy atom. The normalized spacial score (nSPS) is 17.9. The lowest BCUT2D eigenvalue weighted by molar-refractivity contribution is 0.0952. The Morgan fingerprint density at radius 1 is 1.03 bits per heavy atom. The van der Waals surface area contributed by atoms with Crippen LogP contribution in [0.3, 0.4) is 0 Å². The molecule has 1 aliphatic carbocycles. The summed E-state index contributed by atoms with van der Waals surface area (Å²) < 4.78 is 2.12. The van der Waals surface area contributed by atoms with Gasteiger partial charge in [-0.1, -0.05) is 55.7 Å². The summed E-state index contributed by atoms with van der Waals surface area (Å²) in [6.45, 7) is 3.48. The summed E-state index contributed by atoms with van der Waals surface area (Å²) in [6.07, 6.45) is 6.80. The molecule has 1 saturated carbocycles. The van der Waals surface area contributed by atoms with E-state index in [9.17, 15) is 4.79 Å². The van der Waals surface area contributed by atoms with Gasteiger partial charge in [0.15, 0.2) is 0 Å². The third-order valence-corrected chi connectivity index (χ3v) is 6.43. The summed E-state index contributed by atoms with van der Waals surface area (Å²) in [5, 5.41) is 9.87. The number of benzene rings is 2. The molecule has 150 valence electrons. The van der Waals surface area contributed by atoms with E-state index in [0.29, 0.717) is 6.54 Å². The van der Waals surface area contributed by atoms with E-state index in [4.69, 9.17) is 5.10 Å². The molecular formula is C24H28N4O. The molecule has 5 rings (SSSR count). The van der Waals surface area contributed by atoms with Crippen LogP contribution in [0.2, 0.25) is 0 Å². The molecule has 0 atom stereocenters. The van der Waals surface area contributed by atoms with Crippen LogP contribution in [0.1, 0.15) is 53.8 Å². The van der Waals surface area contributed by atoms with Crippen molar-refractivity contribution in [3.63, 3.8) is 0 Å². The van der Waals surface area contributed by atoms with Gasteiger partial charge in [0.2, 0.25) is 0 Å². The van der Waals surface area contributed by atoms with Crippen molar-refractivity contribution in [3.8, 4) is 0 Å². The standard InChI is InChI=1S/C24H28N4O/c29-24(23-12-6-8-18-7-4-5-11-22(18)23)25-16-19-15-21-17-27(13-14-28(21)26-19)20-9-2-1-3-10-20/h4-8,11-12,15,20H,1-3,9-10,13-14,16-17H2,(H,25,29). The van der Waals surface area contributed by atoms with Gasteiger partial charge in [0.1, 0.15) is 0 Å². The molecule has 2 heterocycles. The van der Waals surface area contributed by atoms with Crippen molar-refractivity contribution in [2.75, 3.05) is 6.54 Å². The first-order valence-electron chi connectivity index (χ1n) is 10.8. The summed E-state index contributed by atoms with van der Waals surface area (Å²) >= 11 is 0. The van der Waals surface area contributed by atoms with Gasteiger partial charge in [0.25, 0.3) is 5.91 Å². The second kappa shape index (κ2) is 7.99. The monoisotopic (exact) mass is 388 g/mol. The van der Waals surface area contributed by atoms with E-state index in [2.05, 4.69) is 21.0 Å². The van der Waals surface area contributed by atoms with Gasteiger partial charge in [-0.3, -0.25) is 14.4 Å². The molecule has 1 amide bonds. The van der Waals surface area contributed by atoms with Crippen molar-refractivity contribution < 1.29 is 4.79 Å². The van der Waals surface area contributed by atoms with E-state index in [0.717, 1.165) is 47.7 Å². The van der Waals surface area contributed by atoms with Gasteiger partial charge in [-0.2, -0.15) is 5.10 Å². The maximum atomic E-state index is 12.8. The molecule has 0 saturated heterocycles. The fraction of sp³-hybridized carbons (Fsp3) is 0.417. The van der Waals surface area contributed by atoms with E-state index >= 15 is 0 Å². The molecule has 2 aromatic carbocycles. The number of hydrogen-bond donors (Lipinski definition) is 1. The van der Waals surface area contributed by atoms with Crippen molar-refractivity contribution in [2.45, 2.75) is 57.8 Å². The molecule has 1 fully saturated rings. The van der Waals surface area contributed by atoms with Crippen LogP contribution in [-0.2, 0) is 19.6 Å². The van der Waals surface area contributed by atoms with Crippen LogP contribution in [0.25, 0.3) is 10.8 Å². The molecule has 1 aliphatic heterocycles. The molecule has 5 heteroatoms. The summed E-state index contributed by atoms with van der Waals surface area (Å²) in [5.74, 6) is -0.0448. The molecule has 29 heavy (non-hydrogen) atoms. The predicted octanol–water partition coefficient (Wildman–Crippen LogP) is 4.11. The lowest BCUT2D eigenvalue weighted by atomic mass is 9.94. The highest BCUT2D eigenvalue weighted by molar-refractivity contribution is 6.06. The van der Waals surface area contributed by atoms with Gasteiger partial charge in [-0.15, -0.1) is 0 Å². The number of hydrogen-bond acceptors (Lipinski definition) is 3. The number of amides is 1. The zero-order chi connectivity index (χ0) is 19.6. The molecule has 5 nitrogen and oxygen atoms in total. The smallest absolute Gasteiger partial charge is 0.252 e. The Hall–Kier alpha value is -2.66. The minimum Gasteiger partial charge on any atom is -0.346 e. The zero-order valence-electron chi connectivity index (χ0n) is 16.8. The highest BCUT2D eigenvalue weighted by Crippen LogP contribution is 2.26. The SMILES string of the molecule is O=C(NCc1cc2n(n1)CCN(C1CCCCC1)C2)c1cccc2ccccc12. The molecule has 0 spiro atoms. The minimum absolute atomic E-state index is 0.0448. The Morgan fingerprint density at radius 2 is 1.86 bits per heavy atom. The van der Waals surface area contributed by atoms with Crippen LogP contribution in [-0.4, -0.2) is 33.2 Å². The van der Waals surface area contributed by atoms with Crippen LogP contribution in [0, 0.1) is 0 Å². The quantitative estimate of drug-likeness (QED) is 0.732. The van der Waals surface area contributed by atoms with E-state index in [-0.39, 0.29) is 5.91 Å². The van der Waals surface area contributed by atoms with Crippen molar-refractivity contribution >= 4 is 16.7 Å². The first-order chi connectivity index (χ1) is 14.3. The van der Waals surface area contributed by atoms with Gasteiger partial charge >= 0.3 is 0 Å². The van der Waals surface area contributed by atoms with Crippen LogP contribution >= 0.6 is 0 Å². The molecule has 0 radical (unpaired) electrons. The van der Waals surface area contributed by atoms with E-state index in [1.165, 1.54) is 37.8 Å². The average Bonchev–Trinajstić information content (AvgIpc) is 3.20. The second-order valence-corrected chi connectivity index (χ2v) is 8.32. The minimum atomic E-state index is -0.0448. The highest BCUT2D eigenvalue weighted by Gasteiger charge is 2.26. The number of carbonyl (C=O) groups is 1. The highest BCUT2D eigenvalue weighted by atomic mass is 16.1. The molecule has 1 aromatic heterocycles. The zero-order valence-corrected chi connectivity index (χ0v) is 16.8. The maximum absolute atomic E-state index is 12.8. The molecule has 1 N–H and O–H groups in total. The first-order valence-corrected chi connectivity index (χ1v) is 10.8. The van der Waals surface area contributed by atoms with Crippen molar-refractivity contribution in [2.24, 2.45) is 0 Å². The van der Waals surface area contributed by atoms with Gasteiger partial charge in [-0.05, 0) is 35.7 Å². The molecule has 3 aromatic rings. The van der Waals surface area contributed by atoms with Crippen molar-refractivity contribution in [1.82, 2.24) is 20.0 Å². The number of carbonyl (C=O) groups excluding carboxylic acids is 1. The second-order valence-electron chi connectivity index (χ2n) is 8.32. The molecular weight excluding hydrogens is 360 g/mol. The van der Waals surface area contributed by atoms with Crippen LogP contribution in [0.4, 0.5) is 0 Å². The first kappa shape index (κ1) is 18.4. The van der Waals surface area contributed by atoms with Crippen LogP contribution in [0.5, 0.6) is 0 Å². The van der Waals surface area contributed by atoms with Gasteiger partial charge in [0, 0.05) is 24.7 Å². The van der Waals surface area contributed by atoms with Crippen LogP contribution < -0.4 is 5.32 Å². The topological polar surface area (TPSA) is 50.2 Å². The number of nitrogens with zero attached hydrogens (tertiary/aromatic N) is 3. The van der Waals surface area contributed by atoms with Gasteiger partial charge in [0.05, 0.1) is 24.5 Å². The van der Waals surface area contributed by atoms with E-state index in [1.54, 1.807) is 0 Å². The van der Waals surface area contributed by atoms with E-state index < -0.39 is 0 Å². The van der Waals surface area contributed by atoms with E-state index in [1.807, 2.05) is 42.5 Å². The molecule has 0 bridgehead atoms. The number of fused-ring (bicyclic) bond motifs is 2. The summed E-state index contributed by atoms with van der Waals surface area (Å²) in [4.78, 5) is 15.4. The Labute approximate surface area is 171 Å². The number of rotatable bonds is 4. The predicted molar refractivity (Wildman–Crippen MR) is 115 cm³/mol. The third-order valence-electron chi connectivity index (χ3n) is 6.43. The fourth-order valence-corrected chi connectivity index (χ4v) is 4.88. The Balaban J connectivity index is 1.25. The third kappa shape index (κ3) is 3.79. The molecule has 2 aliphatic rings. The lowest BCUT2D eigenvalue weighted by Crippen LogP contribution is -2.42. The summed E-state index contributed by atoms with van der Waals surface area (Å²) in [7, 11) is 0. The maximum Gasteiger partial charge on any atom is 0.252 e. The lowest BCUT2D eigenvalue weighted by Gasteiger charge is -2.36. The van der Waals surface area contributed by atoms with Crippen molar-refractivity contribution in [3.05, 3.63) is 65.5 Å².